The molecule has 2 atom stereocenters. The monoisotopic (exact) mass is 1140 g/mol. The zero-order chi connectivity index (χ0) is 58.0. The van der Waals surface area contributed by atoms with Gasteiger partial charge in [0.2, 0.25) is 0 Å². The van der Waals surface area contributed by atoms with Crippen LogP contribution >= 0.6 is 7.82 Å². The van der Waals surface area contributed by atoms with Gasteiger partial charge in [0.1, 0.15) is 6.61 Å². The standard InChI is InChI=1S/C70H126NO8P/c1-3-5-7-9-11-13-15-17-19-21-23-25-27-29-31-33-34-35-37-39-41-43-45-47-49-51-53-55-57-59-61-63-70(73)79-68(67-78-80(74,75)77-65-64-71)66-76-69(72)62-60-58-56-54-52-50-48-46-44-42-40-38-36-32-30-28-26-24-22-20-18-16-14-12-10-8-6-4-2/h5,7,11,13,17,19,23,25,29,31,34-35,39,41,68H,3-4,6,8-10,12,14-16,18,20-22,24,26-28,30,32-33,36-38,40,42-67,71H2,1-2H3,(H,74,75)/b7-5-,13-11-,19-17-,25-23-,31-29-,35-34-,41-39-. The number of ether oxygens (including phenoxy) is 2. The Bertz CT molecular complexity index is 1590. The molecule has 80 heavy (non-hydrogen) atoms. The highest BCUT2D eigenvalue weighted by atomic mass is 31.2. The molecule has 0 radical (unpaired) electrons. The van der Waals surface area contributed by atoms with Gasteiger partial charge in [-0.2, -0.15) is 0 Å². The van der Waals surface area contributed by atoms with E-state index in [-0.39, 0.29) is 38.6 Å². The van der Waals surface area contributed by atoms with Crippen LogP contribution in [-0.4, -0.2) is 49.3 Å². The molecule has 0 rings (SSSR count). The van der Waals surface area contributed by atoms with E-state index in [9.17, 15) is 19.0 Å². The fourth-order valence-corrected chi connectivity index (χ4v) is 10.4. The van der Waals surface area contributed by atoms with E-state index in [2.05, 4.69) is 98.9 Å². The van der Waals surface area contributed by atoms with E-state index in [1.807, 2.05) is 0 Å². The molecular weight excluding hydrogens is 1010 g/mol. The molecule has 0 saturated heterocycles. The zero-order valence-corrected chi connectivity index (χ0v) is 52.9. The van der Waals surface area contributed by atoms with Crippen LogP contribution in [0.3, 0.4) is 0 Å². The van der Waals surface area contributed by atoms with E-state index >= 15 is 0 Å². The number of phosphoric ester groups is 1. The lowest BCUT2D eigenvalue weighted by Crippen LogP contribution is -2.29. The van der Waals surface area contributed by atoms with Gasteiger partial charge in [-0.15, -0.1) is 0 Å². The molecule has 0 aliphatic carbocycles. The summed E-state index contributed by atoms with van der Waals surface area (Å²) < 4.78 is 33.2. The summed E-state index contributed by atoms with van der Waals surface area (Å²) in [5, 5.41) is 0. The van der Waals surface area contributed by atoms with Crippen molar-refractivity contribution in [2.24, 2.45) is 5.73 Å². The van der Waals surface area contributed by atoms with E-state index in [0.717, 1.165) is 89.9 Å². The first kappa shape index (κ1) is 77.2. The van der Waals surface area contributed by atoms with Crippen LogP contribution in [0.4, 0.5) is 0 Å². The lowest BCUT2D eigenvalue weighted by atomic mass is 10.0. The molecule has 0 bridgehead atoms. The van der Waals surface area contributed by atoms with Crippen LogP contribution in [0.15, 0.2) is 85.1 Å². The molecule has 0 heterocycles. The number of hydrogen-bond donors (Lipinski definition) is 2. The van der Waals surface area contributed by atoms with Crippen LogP contribution in [-0.2, 0) is 32.7 Å². The second-order valence-corrected chi connectivity index (χ2v) is 23.8. The molecular formula is C70H126NO8P. The molecule has 0 aromatic heterocycles. The van der Waals surface area contributed by atoms with Gasteiger partial charge in [-0.05, 0) is 70.6 Å². The topological polar surface area (TPSA) is 134 Å². The summed E-state index contributed by atoms with van der Waals surface area (Å²) in [4.78, 5) is 35.3. The third kappa shape index (κ3) is 64.4. The molecule has 2 unspecified atom stereocenters. The Morgan fingerprint density at radius 2 is 0.688 bits per heavy atom. The van der Waals surface area contributed by atoms with Gasteiger partial charge in [0, 0.05) is 19.4 Å². The predicted molar refractivity (Wildman–Crippen MR) is 344 cm³/mol. The van der Waals surface area contributed by atoms with Gasteiger partial charge in [0.05, 0.1) is 13.2 Å². The van der Waals surface area contributed by atoms with Gasteiger partial charge in [0.15, 0.2) is 6.10 Å². The SMILES string of the molecule is CC/C=C\C/C=C\C/C=C\C/C=C\C/C=C\C/C=C\C/C=C\CCCCCCCCCCCC(=O)OC(COC(=O)CCCCCCCCCCCCCCCCCCCCCCCCCCCCCC)COP(=O)(O)OCCN. The number of rotatable bonds is 63. The number of allylic oxidation sites excluding steroid dienone is 14. The maximum atomic E-state index is 12.8. The minimum absolute atomic E-state index is 0.0503. The second-order valence-electron chi connectivity index (χ2n) is 22.3. The van der Waals surface area contributed by atoms with Crippen LogP contribution < -0.4 is 5.73 Å². The van der Waals surface area contributed by atoms with Crippen molar-refractivity contribution in [2.75, 3.05) is 26.4 Å². The van der Waals surface area contributed by atoms with Crippen molar-refractivity contribution in [1.82, 2.24) is 0 Å². The third-order valence-electron chi connectivity index (χ3n) is 14.5. The molecule has 0 fully saturated rings. The molecule has 3 N–H and O–H groups in total. The second kappa shape index (κ2) is 65.3. The average molecular weight is 1140 g/mol. The zero-order valence-electron chi connectivity index (χ0n) is 52.1. The van der Waals surface area contributed by atoms with E-state index in [1.165, 1.54) is 193 Å². The van der Waals surface area contributed by atoms with E-state index in [1.54, 1.807) is 0 Å². The number of phosphoric acid groups is 1. The minimum atomic E-state index is -4.40. The van der Waals surface area contributed by atoms with E-state index < -0.39 is 26.5 Å². The van der Waals surface area contributed by atoms with Gasteiger partial charge in [-0.25, -0.2) is 4.57 Å². The molecule has 464 valence electrons. The van der Waals surface area contributed by atoms with E-state index in [4.69, 9.17) is 24.3 Å². The molecule has 0 aromatic carbocycles. The van der Waals surface area contributed by atoms with Crippen molar-refractivity contribution < 1.29 is 37.6 Å². The molecule has 0 aliphatic rings. The summed E-state index contributed by atoms with van der Waals surface area (Å²) in [6, 6.07) is 0. The summed E-state index contributed by atoms with van der Waals surface area (Å²) in [7, 11) is -4.40. The number of unbranched alkanes of at least 4 members (excludes halogenated alkanes) is 36. The van der Waals surface area contributed by atoms with Crippen molar-refractivity contribution in [1.29, 1.82) is 0 Å². The van der Waals surface area contributed by atoms with Crippen LogP contribution in [0.5, 0.6) is 0 Å². The number of esters is 2. The molecule has 0 amide bonds. The largest absolute Gasteiger partial charge is 0.472 e. The third-order valence-corrected chi connectivity index (χ3v) is 15.5. The first-order valence-electron chi connectivity index (χ1n) is 33.6. The Hall–Kier alpha value is -2.81. The van der Waals surface area contributed by atoms with Crippen LogP contribution in [0.25, 0.3) is 0 Å². The molecule has 0 aliphatic heterocycles. The summed E-state index contributed by atoms with van der Waals surface area (Å²) in [6.07, 6.45) is 86.6. The highest BCUT2D eigenvalue weighted by Gasteiger charge is 2.26. The smallest absolute Gasteiger partial charge is 0.462 e. The maximum Gasteiger partial charge on any atom is 0.472 e. The Morgan fingerprint density at radius 3 is 1.02 bits per heavy atom. The van der Waals surface area contributed by atoms with Crippen molar-refractivity contribution >= 4 is 19.8 Å². The summed E-state index contributed by atoms with van der Waals surface area (Å²) >= 11 is 0. The van der Waals surface area contributed by atoms with E-state index in [0.29, 0.717) is 6.42 Å². The van der Waals surface area contributed by atoms with Crippen LogP contribution in [0.2, 0.25) is 0 Å². The van der Waals surface area contributed by atoms with Crippen molar-refractivity contribution in [3.8, 4) is 0 Å². The molecule has 0 spiro atoms. The van der Waals surface area contributed by atoms with Crippen LogP contribution in [0.1, 0.15) is 316 Å². The number of carbonyl (C=O) groups is 2. The fourth-order valence-electron chi connectivity index (χ4n) is 9.62. The summed E-state index contributed by atoms with van der Waals surface area (Å²) in [6.45, 7) is 3.67. The Kier molecular flexibility index (Phi) is 63.0. The molecule has 0 aromatic rings. The molecule has 10 heteroatoms. The number of hydrogen-bond acceptors (Lipinski definition) is 8. The first-order chi connectivity index (χ1) is 39.3. The van der Waals surface area contributed by atoms with Gasteiger partial charge in [-0.3, -0.25) is 18.6 Å². The number of nitrogens with two attached hydrogens (primary N) is 1. The van der Waals surface area contributed by atoms with Gasteiger partial charge < -0.3 is 20.1 Å². The van der Waals surface area contributed by atoms with Gasteiger partial charge in [0.25, 0.3) is 0 Å². The first-order valence-corrected chi connectivity index (χ1v) is 35.1. The Labute approximate surface area is 494 Å². The average Bonchev–Trinajstić information content (AvgIpc) is 3.45. The lowest BCUT2D eigenvalue weighted by molar-refractivity contribution is -0.161. The molecule has 0 saturated carbocycles. The van der Waals surface area contributed by atoms with Crippen molar-refractivity contribution in [3.05, 3.63) is 85.1 Å². The summed E-state index contributed by atoms with van der Waals surface area (Å²) in [5.41, 5.74) is 5.40. The predicted octanol–water partition coefficient (Wildman–Crippen LogP) is 21.8. The lowest BCUT2D eigenvalue weighted by Gasteiger charge is -2.19. The van der Waals surface area contributed by atoms with Gasteiger partial charge in [-0.1, -0.05) is 317 Å². The quantitative estimate of drug-likeness (QED) is 0.0264. The normalized spacial score (nSPS) is 13.5. The Morgan fingerprint density at radius 1 is 0.388 bits per heavy atom. The van der Waals surface area contributed by atoms with Crippen molar-refractivity contribution in [3.63, 3.8) is 0 Å². The summed E-state index contributed by atoms with van der Waals surface area (Å²) in [5.74, 6) is -0.825. The minimum Gasteiger partial charge on any atom is -0.462 e. The molecule has 9 nitrogen and oxygen atoms in total. The highest BCUT2D eigenvalue weighted by molar-refractivity contribution is 7.47. The highest BCUT2D eigenvalue weighted by Crippen LogP contribution is 2.43. The number of carbonyl (C=O) groups excluding carboxylic acids is 2. The van der Waals surface area contributed by atoms with Crippen molar-refractivity contribution in [2.45, 2.75) is 322 Å². The van der Waals surface area contributed by atoms with Gasteiger partial charge >= 0.3 is 19.8 Å². The fraction of sp³-hybridized carbons (Fsp3) is 0.771. The van der Waals surface area contributed by atoms with Crippen LogP contribution in [0, 0.1) is 0 Å². The Balaban J connectivity index is 3.92. The maximum absolute atomic E-state index is 12.8.